The molecule has 0 aliphatic heterocycles. The molecule has 0 aliphatic rings. The molecule has 0 saturated carbocycles. The van der Waals surface area contributed by atoms with Crippen molar-refractivity contribution in [1.82, 2.24) is 5.32 Å². The van der Waals surface area contributed by atoms with Crippen molar-refractivity contribution >= 4 is 12.2 Å². The Kier molecular flexibility index (Phi) is 32.5. The highest BCUT2D eigenvalue weighted by Crippen LogP contribution is 2.10. The normalized spacial score (nSPS) is 11.4. The molecule has 4 heteroatoms. The van der Waals surface area contributed by atoms with E-state index in [0.29, 0.717) is 18.3 Å². The van der Waals surface area contributed by atoms with E-state index in [1.807, 2.05) is 20.8 Å². The Morgan fingerprint density at radius 1 is 1.14 bits per heavy atom. The van der Waals surface area contributed by atoms with Gasteiger partial charge in [0.2, 0.25) is 5.91 Å². The summed E-state index contributed by atoms with van der Waals surface area (Å²) in [5.74, 6) is 1.55. The van der Waals surface area contributed by atoms with Gasteiger partial charge in [-0.25, -0.2) is 0 Å². The number of carbonyl (C=O) groups is 2. The van der Waals surface area contributed by atoms with E-state index in [2.05, 4.69) is 38.7 Å². The van der Waals surface area contributed by atoms with E-state index >= 15 is 0 Å². The minimum absolute atomic E-state index is 0.142. The van der Waals surface area contributed by atoms with Gasteiger partial charge in [-0.05, 0) is 25.3 Å². The van der Waals surface area contributed by atoms with Crippen molar-refractivity contribution in [3.8, 4) is 0 Å². The Hall–Kier alpha value is -0.900. The first-order chi connectivity index (χ1) is 9.88. The molecule has 0 fully saturated rings. The second-order valence-electron chi connectivity index (χ2n) is 4.99. The van der Waals surface area contributed by atoms with E-state index in [9.17, 15) is 9.59 Å². The van der Waals surface area contributed by atoms with Crippen LogP contribution in [-0.4, -0.2) is 26.3 Å². The van der Waals surface area contributed by atoms with Crippen LogP contribution in [-0.2, 0) is 9.59 Å². The third kappa shape index (κ3) is 28.1. The van der Waals surface area contributed by atoms with Crippen molar-refractivity contribution in [2.75, 3.05) is 14.1 Å². The predicted molar refractivity (Wildman–Crippen MR) is 94.3 cm³/mol. The van der Waals surface area contributed by atoms with Gasteiger partial charge >= 0.3 is 0 Å². The summed E-state index contributed by atoms with van der Waals surface area (Å²) in [6.07, 6.45) is 3.77. The zero-order chi connectivity index (χ0) is 17.8. The summed E-state index contributed by atoms with van der Waals surface area (Å²) in [4.78, 5) is 20.7. The summed E-state index contributed by atoms with van der Waals surface area (Å²) in [5, 5.41) is 2.58. The number of nitrogens with two attached hydrogens (primary N) is 1. The van der Waals surface area contributed by atoms with Crippen molar-refractivity contribution in [2.24, 2.45) is 23.5 Å². The lowest BCUT2D eigenvalue weighted by atomic mass is 9.95. The molecule has 0 radical (unpaired) electrons. The van der Waals surface area contributed by atoms with Gasteiger partial charge in [-0.3, -0.25) is 4.79 Å². The maximum absolute atomic E-state index is 10.6. The third-order valence-electron chi connectivity index (χ3n) is 2.98. The van der Waals surface area contributed by atoms with Crippen LogP contribution in [0.4, 0.5) is 0 Å². The fourth-order valence-electron chi connectivity index (χ4n) is 1.05. The number of nitrogens with one attached hydrogen (secondary N) is 1. The third-order valence-corrected chi connectivity index (χ3v) is 2.98. The number of carbonyl (C=O) groups excluding carboxylic acids is 2. The van der Waals surface area contributed by atoms with Crippen LogP contribution in [0.15, 0.2) is 0 Å². The summed E-state index contributed by atoms with van der Waals surface area (Å²) >= 11 is 0. The molecule has 3 N–H and O–H groups in total. The van der Waals surface area contributed by atoms with Crippen molar-refractivity contribution in [1.29, 1.82) is 0 Å². The van der Waals surface area contributed by atoms with Crippen molar-refractivity contribution in [3.63, 3.8) is 0 Å². The van der Waals surface area contributed by atoms with Crippen LogP contribution in [0.3, 0.4) is 0 Å². The van der Waals surface area contributed by atoms with Gasteiger partial charge < -0.3 is 15.8 Å². The van der Waals surface area contributed by atoms with Crippen LogP contribution in [0.25, 0.3) is 0 Å². The number of hydrogen-bond donors (Lipinski definition) is 2. The molecular formula is C17H40N2O2. The molecule has 21 heavy (non-hydrogen) atoms. The van der Waals surface area contributed by atoms with E-state index in [1.165, 1.54) is 7.05 Å². The van der Waals surface area contributed by atoms with E-state index < -0.39 is 0 Å². The molecule has 0 aromatic carbocycles. The molecule has 130 valence electrons. The van der Waals surface area contributed by atoms with Crippen LogP contribution < -0.4 is 11.1 Å². The predicted octanol–water partition coefficient (Wildman–Crippen LogP) is 3.64. The van der Waals surface area contributed by atoms with Gasteiger partial charge in [-0.1, -0.05) is 54.9 Å². The molecule has 0 aliphatic carbocycles. The standard InChI is InChI=1S/C7H15NO.C7H14O.C2H6.CH5N/c1-6(2)4-5-7(9)8-3;1-4-6(2)7(3)5-8;2*1-2/h6H,4-5H2,1-3H3,(H,8,9);5-7H,4H2,1-3H3;1-2H3;2H2,1H3. The quantitative estimate of drug-likeness (QED) is 0.736. The van der Waals surface area contributed by atoms with Crippen LogP contribution in [0.2, 0.25) is 0 Å². The SMILES string of the molecule is CC.CCC(C)C(C)C=O.CN.CNC(=O)CCC(C)C. The number of amides is 1. The highest BCUT2D eigenvalue weighted by Gasteiger charge is 2.06. The van der Waals surface area contributed by atoms with E-state index in [0.717, 1.165) is 19.1 Å². The van der Waals surface area contributed by atoms with Crippen LogP contribution >= 0.6 is 0 Å². The lowest BCUT2D eigenvalue weighted by Crippen LogP contribution is -2.17. The van der Waals surface area contributed by atoms with Crippen molar-refractivity contribution < 1.29 is 9.59 Å². The van der Waals surface area contributed by atoms with Gasteiger partial charge in [0.1, 0.15) is 6.29 Å². The zero-order valence-electron chi connectivity index (χ0n) is 15.8. The Morgan fingerprint density at radius 2 is 1.57 bits per heavy atom. The molecule has 4 nitrogen and oxygen atoms in total. The molecule has 1 amide bonds. The second kappa shape index (κ2) is 24.1. The van der Waals surface area contributed by atoms with Crippen molar-refractivity contribution in [3.05, 3.63) is 0 Å². The largest absolute Gasteiger partial charge is 0.359 e. The number of hydrogen-bond acceptors (Lipinski definition) is 3. The first-order valence-electron chi connectivity index (χ1n) is 8.12. The second-order valence-corrected chi connectivity index (χ2v) is 4.99. The highest BCUT2D eigenvalue weighted by atomic mass is 16.1. The first-order valence-corrected chi connectivity index (χ1v) is 8.12. The molecule has 0 heterocycles. The van der Waals surface area contributed by atoms with Gasteiger partial charge in [-0.15, -0.1) is 0 Å². The molecule has 0 aromatic heterocycles. The van der Waals surface area contributed by atoms with E-state index in [4.69, 9.17) is 0 Å². The van der Waals surface area contributed by atoms with E-state index in [1.54, 1.807) is 7.05 Å². The summed E-state index contributed by atoms with van der Waals surface area (Å²) < 4.78 is 0. The lowest BCUT2D eigenvalue weighted by molar-refractivity contribution is -0.120. The fourth-order valence-corrected chi connectivity index (χ4v) is 1.05. The van der Waals surface area contributed by atoms with Crippen LogP contribution in [0.5, 0.6) is 0 Å². The van der Waals surface area contributed by atoms with Crippen molar-refractivity contribution in [2.45, 2.75) is 67.7 Å². The van der Waals surface area contributed by atoms with Gasteiger partial charge in [0.25, 0.3) is 0 Å². The topological polar surface area (TPSA) is 72.2 Å². The van der Waals surface area contributed by atoms with Gasteiger partial charge in [0, 0.05) is 19.4 Å². The van der Waals surface area contributed by atoms with Gasteiger partial charge in [0.15, 0.2) is 0 Å². The van der Waals surface area contributed by atoms with Crippen LogP contribution in [0, 0.1) is 17.8 Å². The average molecular weight is 305 g/mol. The summed E-state index contributed by atoms with van der Waals surface area (Å²) in [6.45, 7) is 14.4. The van der Waals surface area contributed by atoms with E-state index in [-0.39, 0.29) is 11.8 Å². The number of rotatable bonds is 6. The molecule has 2 atom stereocenters. The Balaban J connectivity index is -0.000000111. The summed E-state index contributed by atoms with van der Waals surface area (Å²) in [6, 6.07) is 0. The van der Waals surface area contributed by atoms with Crippen LogP contribution in [0.1, 0.15) is 67.7 Å². The molecule has 0 rings (SSSR count). The summed E-state index contributed by atoms with van der Waals surface area (Å²) in [5.41, 5.74) is 4.50. The Morgan fingerprint density at radius 3 is 1.76 bits per heavy atom. The monoisotopic (exact) mass is 304 g/mol. The average Bonchev–Trinajstić information content (AvgIpc) is 2.55. The van der Waals surface area contributed by atoms with Gasteiger partial charge in [0.05, 0.1) is 0 Å². The zero-order valence-corrected chi connectivity index (χ0v) is 15.8. The minimum Gasteiger partial charge on any atom is -0.359 e. The molecule has 0 spiro atoms. The Labute approximate surface area is 133 Å². The van der Waals surface area contributed by atoms with Gasteiger partial charge in [-0.2, -0.15) is 0 Å². The fraction of sp³-hybridized carbons (Fsp3) is 0.882. The molecule has 0 bridgehead atoms. The highest BCUT2D eigenvalue weighted by molar-refractivity contribution is 5.75. The maximum Gasteiger partial charge on any atom is 0.219 e. The lowest BCUT2D eigenvalue weighted by Gasteiger charge is -2.09. The first kappa shape index (κ1) is 28.3. The molecule has 0 aromatic rings. The Bertz CT molecular complexity index is 207. The maximum atomic E-state index is 10.6. The number of aldehydes is 1. The molecule has 2 unspecified atom stereocenters. The molecular weight excluding hydrogens is 264 g/mol. The summed E-state index contributed by atoms with van der Waals surface area (Å²) in [7, 11) is 3.17. The minimum atomic E-state index is 0.142. The smallest absolute Gasteiger partial charge is 0.219 e. The molecule has 0 saturated heterocycles.